The lowest BCUT2D eigenvalue weighted by molar-refractivity contribution is -0.0508. The van der Waals surface area contributed by atoms with Crippen LogP contribution in [-0.2, 0) is 14.8 Å². The van der Waals surface area contributed by atoms with E-state index in [-0.39, 0.29) is 18.0 Å². The van der Waals surface area contributed by atoms with Crippen molar-refractivity contribution in [1.82, 2.24) is 9.21 Å². The number of halogens is 1. The Bertz CT molecular complexity index is 1400. The molecule has 0 bridgehead atoms. The lowest BCUT2D eigenvalue weighted by atomic mass is 9.74. The summed E-state index contributed by atoms with van der Waals surface area (Å²) >= 11 is 6.36. The van der Waals surface area contributed by atoms with E-state index in [2.05, 4.69) is 41.3 Å². The third-order valence-corrected chi connectivity index (χ3v) is 10.2. The second-order valence-corrected chi connectivity index (χ2v) is 12.2. The van der Waals surface area contributed by atoms with Gasteiger partial charge in [-0.2, -0.15) is 4.31 Å². The Morgan fingerprint density at radius 3 is 2.41 bits per heavy atom. The molecular weight excluding hydrogens is 504 g/mol. The van der Waals surface area contributed by atoms with Gasteiger partial charge in [0.1, 0.15) is 0 Å². The molecule has 0 spiro atoms. The maximum absolute atomic E-state index is 13.7. The summed E-state index contributed by atoms with van der Waals surface area (Å²) in [4.78, 5) is 2.75. The molecule has 3 atom stereocenters. The number of methoxy groups -OCH3 is 1. The van der Waals surface area contributed by atoms with E-state index >= 15 is 0 Å². The minimum absolute atomic E-state index is 0.0580. The third kappa shape index (κ3) is 4.89. The van der Waals surface area contributed by atoms with Crippen LogP contribution in [0, 0.1) is 13.8 Å². The molecule has 0 amide bonds. The molecule has 0 aliphatic carbocycles. The fraction of sp³-hybridized carbons (Fsp3) is 0.333. The normalized spacial score (nSPS) is 23.5. The number of hydrogen-bond donors (Lipinski definition) is 0. The van der Waals surface area contributed by atoms with Crippen LogP contribution in [-0.4, -0.2) is 63.1 Å². The Kier molecular flexibility index (Phi) is 7.57. The van der Waals surface area contributed by atoms with Crippen LogP contribution in [0.3, 0.4) is 0 Å². The van der Waals surface area contributed by atoms with Crippen LogP contribution in [0.1, 0.15) is 22.6 Å². The highest BCUT2D eigenvalue weighted by Crippen LogP contribution is 2.43. The molecule has 3 aromatic rings. The maximum Gasteiger partial charge on any atom is 0.243 e. The largest absolute Gasteiger partial charge is 0.383 e. The Labute approximate surface area is 225 Å². The number of benzene rings is 3. The first-order valence-corrected chi connectivity index (χ1v) is 14.5. The van der Waals surface area contributed by atoms with E-state index < -0.39 is 10.0 Å². The van der Waals surface area contributed by atoms with Crippen molar-refractivity contribution in [3.63, 3.8) is 0 Å². The van der Waals surface area contributed by atoms with Gasteiger partial charge in [-0.3, -0.25) is 4.90 Å². The molecule has 2 aliphatic heterocycles. The Morgan fingerprint density at radius 1 is 0.946 bits per heavy atom. The molecule has 194 valence electrons. The molecular formula is C30H33ClN2O3S. The van der Waals surface area contributed by atoms with Crippen molar-refractivity contribution in [2.24, 2.45) is 0 Å². The van der Waals surface area contributed by atoms with Crippen molar-refractivity contribution in [1.29, 1.82) is 0 Å². The van der Waals surface area contributed by atoms with Crippen molar-refractivity contribution < 1.29 is 13.2 Å². The zero-order chi connectivity index (χ0) is 26.2. The lowest BCUT2D eigenvalue weighted by Gasteiger charge is -2.56. The number of ether oxygens (including phenoxy) is 1. The molecule has 1 unspecified atom stereocenters. The van der Waals surface area contributed by atoms with Crippen LogP contribution >= 0.6 is 11.6 Å². The topological polar surface area (TPSA) is 49.9 Å². The van der Waals surface area contributed by atoms with Gasteiger partial charge >= 0.3 is 0 Å². The number of aryl methyl sites for hydroxylation is 1. The molecule has 2 aliphatic rings. The first-order valence-electron chi connectivity index (χ1n) is 12.6. The fourth-order valence-corrected chi connectivity index (χ4v) is 7.58. The highest BCUT2D eigenvalue weighted by atomic mass is 35.5. The van der Waals surface area contributed by atoms with Crippen LogP contribution in [0.25, 0.3) is 11.1 Å². The zero-order valence-corrected chi connectivity index (χ0v) is 23.0. The van der Waals surface area contributed by atoms with Crippen molar-refractivity contribution in [3.8, 4) is 11.1 Å². The van der Waals surface area contributed by atoms with Gasteiger partial charge in [-0.05, 0) is 53.8 Å². The van der Waals surface area contributed by atoms with Crippen LogP contribution in [0.2, 0.25) is 5.02 Å². The number of rotatable bonds is 6. The molecule has 0 saturated carbocycles. The highest BCUT2D eigenvalue weighted by molar-refractivity contribution is 7.89. The summed E-state index contributed by atoms with van der Waals surface area (Å²) in [6.07, 6.45) is 4.04. The minimum Gasteiger partial charge on any atom is -0.383 e. The van der Waals surface area contributed by atoms with Gasteiger partial charge in [0.05, 0.1) is 11.5 Å². The van der Waals surface area contributed by atoms with E-state index in [1.807, 2.05) is 44.2 Å². The average molecular weight is 537 g/mol. The van der Waals surface area contributed by atoms with Gasteiger partial charge in [-0.15, -0.1) is 0 Å². The van der Waals surface area contributed by atoms with Gasteiger partial charge in [0, 0.05) is 49.8 Å². The van der Waals surface area contributed by atoms with Gasteiger partial charge in [-0.1, -0.05) is 78.4 Å². The number of hydrogen-bond acceptors (Lipinski definition) is 4. The van der Waals surface area contributed by atoms with Crippen molar-refractivity contribution in [2.75, 3.05) is 33.4 Å². The molecule has 37 heavy (non-hydrogen) atoms. The smallest absolute Gasteiger partial charge is 0.243 e. The third-order valence-electron chi connectivity index (χ3n) is 7.79. The Morgan fingerprint density at radius 2 is 1.68 bits per heavy atom. The zero-order valence-electron chi connectivity index (χ0n) is 21.5. The summed E-state index contributed by atoms with van der Waals surface area (Å²) in [5.41, 5.74) is 5.26. The fourth-order valence-electron chi connectivity index (χ4n) is 5.77. The first-order chi connectivity index (χ1) is 17.8. The van der Waals surface area contributed by atoms with E-state index in [1.165, 1.54) is 5.56 Å². The number of fused-ring (bicyclic) bond motifs is 1. The van der Waals surface area contributed by atoms with Gasteiger partial charge in [0.15, 0.2) is 0 Å². The quantitative estimate of drug-likeness (QED) is 0.381. The molecule has 2 heterocycles. The summed E-state index contributed by atoms with van der Waals surface area (Å²) < 4.78 is 34.6. The predicted molar refractivity (Wildman–Crippen MR) is 150 cm³/mol. The van der Waals surface area contributed by atoms with Gasteiger partial charge in [0.25, 0.3) is 0 Å². The lowest BCUT2D eigenvalue weighted by Crippen LogP contribution is -2.67. The van der Waals surface area contributed by atoms with Gasteiger partial charge in [0.2, 0.25) is 10.0 Å². The van der Waals surface area contributed by atoms with Crippen LogP contribution in [0.15, 0.2) is 83.8 Å². The van der Waals surface area contributed by atoms with Gasteiger partial charge < -0.3 is 4.74 Å². The summed E-state index contributed by atoms with van der Waals surface area (Å²) in [6, 6.07) is 22.1. The van der Waals surface area contributed by atoms with Crippen molar-refractivity contribution in [3.05, 3.63) is 101 Å². The number of sulfonamides is 1. The van der Waals surface area contributed by atoms with E-state index in [1.54, 1.807) is 23.5 Å². The molecule has 0 radical (unpaired) electrons. The Hall–Kier alpha value is -2.48. The summed E-state index contributed by atoms with van der Waals surface area (Å²) in [5.74, 6) is 0.163. The van der Waals surface area contributed by atoms with E-state index in [0.717, 1.165) is 33.8 Å². The van der Waals surface area contributed by atoms with E-state index in [4.69, 9.17) is 16.3 Å². The Balaban J connectivity index is 1.47. The minimum atomic E-state index is -3.63. The molecule has 1 fully saturated rings. The second-order valence-electron chi connectivity index (χ2n) is 9.91. The molecule has 5 nitrogen and oxygen atoms in total. The molecule has 0 aromatic heterocycles. The van der Waals surface area contributed by atoms with Gasteiger partial charge in [-0.25, -0.2) is 8.42 Å². The molecule has 0 N–H and O–H groups in total. The van der Waals surface area contributed by atoms with Crippen molar-refractivity contribution in [2.45, 2.75) is 36.7 Å². The predicted octanol–water partition coefficient (Wildman–Crippen LogP) is 5.67. The standard InChI is InChI=1S/C30H33ClN2O3S/c1-21-9-4-5-12-29(21)37(34,35)32-17-6-7-18-33-27(19-32)30(28(33)20-36-3)24-15-13-23(14-16-24)25-10-8-11-26(31)22(25)2/h4-16,27-28,30H,17-20H2,1-3H3/b7-6-/t27-,28?,30-/m0/s1. The van der Waals surface area contributed by atoms with Crippen LogP contribution < -0.4 is 0 Å². The average Bonchev–Trinajstić information content (AvgIpc) is 2.87. The van der Waals surface area contributed by atoms with Crippen LogP contribution in [0.5, 0.6) is 0 Å². The molecule has 1 saturated heterocycles. The summed E-state index contributed by atoms with van der Waals surface area (Å²) in [7, 11) is -1.90. The van der Waals surface area contributed by atoms with E-state index in [0.29, 0.717) is 24.6 Å². The summed E-state index contributed by atoms with van der Waals surface area (Å²) in [5, 5.41) is 0.758. The monoisotopic (exact) mass is 536 g/mol. The second kappa shape index (κ2) is 10.7. The highest BCUT2D eigenvalue weighted by Gasteiger charge is 2.50. The molecule has 7 heteroatoms. The number of nitrogens with zero attached hydrogens (tertiary/aromatic N) is 2. The molecule has 5 rings (SSSR count). The van der Waals surface area contributed by atoms with E-state index in [9.17, 15) is 8.42 Å². The maximum atomic E-state index is 13.7. The van der Waals surface area contributed by atoms with Crippen LogP contribution in [0.4, 0.5) is 0 Å². The molecule has 3 aromatic carbocycles. The SMILES string of the molecule is COCC1[C@@H](c2ccc(-c3cccc(Cl)c3C)cc2)[C@@H]2CN(S(=O)(=O)c3ccccc3C)C/C=C\CN12. The first kappa shape index (κ1) is 26.1. The summed E-state index contributed by atoms with van der Waals surface area (Å²) in [6.45, 7) is 6.07. The van der Waals surface area contributed by atoms with Crippen molar-refractivity contribution >= 4 is 21.6 Å².